The van der Waals surface area contributed by atoms with Crippen molar-refractivity contribution in [2.45, 2.75) is 39.7 Å². The SMILES string of the molecule is CC(C)c1ccc(C(Nc2ccc3nnnn3n2)C(C)C)cc1. The van der Waals surface area contributed by atoms with Crippen molar-refractivity contribution < 1.29 is 0 Å². The number of rotatable bonds is 5. The van der Waals surface area contributed by atoms with Crippen molar-refractivity contribution in [2.24, 2.45) is 5.92 Å². The van der Waals surface area contributed by atoms with Gasteiger partial charge in [0.05, 0.1) is 6.04 Å². The lowest BCUT2D eigenvalue weighted by atomic mass is 9.93. The zero-order valence-electron chi connectivity index (χ0n) is 13.9. The minimum absolute atomic E-state index is 0.178. The predicted octanol–water partition coefficient (Wildman–Crippen LogP) is 3.45. The van der Waals surface area contributed by atoms with Crippen molar-refractivity contribution in [3.8, 4) is 0 Å². The minimum Gasteiger partial charge on any atom is -0.362 e. The topological polar surface area (TPSA) is 68.0 Å². The third kappa shape index (κ3) is 3.31. The Labute approximate surface area is 135 Å². The van der Waals surface area contributed by atoms with Crippen LogP contribution in [0, 0.1) is 5.92 Å². The molecule has 1 unspecified atom stereocenters. The highest BCUT2D eigenvalue weighted by Crippen LogP contribution is 2.27. The Hall–Kier alpha value is -2.50. The molecule has 0 amide bonds. The number of benzene rings is 1. The summed E-state index contributed by atoms with van der Waals surface area (Å²) in [7, 11) is 0. The quantitative estimate of drug-likeness (QED) is 0.781. The Bertz CT molecular complexity index is 775. The first-order chi connectivity index (χ1) is 11.0. The van der Waals surface area contributed by atoms with E-state index in [1.165, 1.54) is 15.8 Å². The fourth-order valence-corrected chi connectivity index (χ4v) is 2.61. The molecule has 0 bridgehead atoms. The maximum Gasteiger partial charge on any atom is 0.200 e. The second-order valence-corrected chi connectivity index (χ2v) is 6.43. The largest absolute Gasteiger partial charge is 0.362 e. The van der Waals surface area contributed by atoms with Crippen LogP contribution in [0.2, 0.25) is 0 Å². The molecule has 6 heteroatoms. The van der Waals surface area contributed by atoms with Crippen molar-refractivity contribution in [1.82, 2.24) is 25.3 Å². The maximum absolute atomic E-state index is 4.40. The molecule has 1 aromatic carbocycles. The van der Waals surface area contributed by atoms with E-state index >= 15 is 0 Å². The van der Waals surface area contributed by atoms with Gasteiger partial charge in [-0.05, 0) is 45.5 Å². The first kappa shape index (κ1) is 15.4. The third-order valence-corrected chi connectivity index (χ3v) is 4.00. The molecule has 2 heterocycles. The van der Waals surface area contributed by atoms with Crippen LogP contribution in [0.15, 0.2) is 36.4 Å². The predicted molar refractivity (Wildman–Crippen MR) is 90.3 cm³/mol. The number of hydrogen-bond donors (Lipinski definition) is 1. The summed E-state index contributed by atoms with van der Waals surface area (Å²) >= 11 is 0. The van der Waals surface area contributed by atoms with Crippen LogP contribution < -0.4 is 5.32 Å². The molecule has 6 nitrogen and oxygen atoms in total. The Morgan fingerprint density at radius 2 is 1.61 bits per heavy atom. The van der Waals surface area contributed by atoms with E-state index in [-0.39, 0.29) is 6.04 Å². The lowest BCUT2D eigenvalue weighted by molar-refractivity contribution is 0.542. The van der Waals surface area contributed by atoms with Gasteiger partial charge in [-0.3, -0.25) is 0 Å². The summed E-state index contributed by atoms with van der Waals surface area (Å²) in [5.74, 6) is 1.72. The van der Waals surface area contributed by atoms with Crippen LogP contribution in [0.3, 0.4) is 0 Å². The van der Waals surface area contributed by atoms with Gasteiger partial charge in [-0.1, -0.05) is 52.0 Å². The van der Waals surface area contributed by atoms with Gasteiger partial charge in [-0.25, -0.2) is 0 Å². The van der Waals surface area contributed by atoms with Gasteiger partial charge in [-0.2, -0.15) is 0 Å². The number of nitrogens with one attached hydrogen (secondary N) is 1. The Morgan fingerprint density at radius 3 is 2.26 bits per heavy atom. The molecule has 0 spiro atoms. The van der Waals surface area contributed by atoms with Crippen molar-refractivity contribution in [2.75, 3.05) is 5.32 Å². The van der Waals surface area contributed by atoms with Gasteiger partial charge in [0.25, 0.3) is 0 Å². The highest BCUT2D eigenvalue weighted by Gasteiger charge is 2.17. The molecule has 1 N–H and O–H groups in total. The zero-order chi connectivity index (χ0) is 16.4. The van der Waals surface area contributed by atoms with Crippen LogP contribution in [0.5, 0.6) is 0 Å². The van der Waals surface area contributed by atoms with E-state index in [0.29, 0.717) is 17.5 Å². The summed E-state index contributed by atoms with van der Waals surface area (Å²) in [5, 5.41) is 19.2. The molecule has 1 atom stereocenters. The maximum atomic E-state index is 4.40. The standard InChI is InChI=1S/C17H22N6/c1-11(2)13-5-7-14(8-6-13)17(12(3)4)18-15-9-10-16-19-21-22-23(16)20-15/h5-12,17H,1-4H3,(H,18,20). The van der Waals surface area contributed by atoms with Gasteiger partial charge >= 0.3 is 0 Å². The molecular weight excluding hydrogens is 288 g/mol. The molecule has 0 aliphatic rings. The molecule has 2 aromatic heterocycles. The lowest BCUT2D eigenvalue weighted by Crippen LogP contribution is -2.18. The number of aromatic nitrogens is 5. The summed E-state index contributed by atoms with van der Waals surface area (Å²) in [6, 6.07) is 12.7. The Balaban J connectivity index is 1.86. The van der Waals surface area contributed by atoms with Crippen LogP contribution in [0.25, 0.3) is 5.65 Å². The van der Waals surface area contributed by atoms with Crippen molar-refractivity contribution in [3.05, 3.63) is 47.5 Å². The average Bonchev–Trinajstić information content (AvgIpc) is 3.00. The number of tetrazole rings is 1. The van der Waals surface area contributed by atoms with E-state index in [0.717, 1.165) is 5.82 Å². The van der Waals surface area contributed by atoms with E-state index < -0.39 is 0 Å². The van der Waals surface area contributed by atoms with Crippen molar-refractivity contribution >= 4 is 11.5 Å². The van der Waals surface area contributed by atoms with E-state index in [9.17, 15) is 0 Å². The third-order valence-electron chi connectivity index (χ3n) is 4.00. The normalized spacial score (nSPS) is 13.0. The van der Waals surface area contributed by atoms with Crippen molar-refractivity contribution in [1.29, 1.82) is 0 Å². The van der Waals surface area contributed by atoms with Gasteiger partial charge in [0.2, 0.25) is 0 Å². The summed E-state index contributed by atoms with van der Waals surface area (Å²) < 4.78 is 1.43. The molecule has 0 radical (unpaired) electrons. The lowest BCUT2D eigenvalue weighted by Gasteiger charge is -2.23. The number of hydrogen-bond acceptors (Lipinski definition) is 5. The van der Waals surface area contributed by atoms with Crippen LogP contribution >= 0.6 is 0 Å². The highest BCUT2D eigenvalue weighted by molar-refractivity contribution is 5.44. The zero-order valence-corrected chi connectivity index (χ0v) is 13.9. The second kappa shape index (κ2) is 6.32. The van der Waals surface area contributed by atoms with Crippen LogP contribution in [0.4, 0.5) is 5.82 Å². The summed E-state index contributed by atoms with van der Waals surface area (Å²) in [4.78, 5) is 0. The molecule has 0 saturated heterocycles. The van der Waals surface area contributed by atoms with Crippen LogP contribution in [-0.4, -0.2) is 25.3 Å². The average molecular weight is 310 g/mol. The second-order valence-electron chi connectivity index (χ2n) is 6.43. The number of fused-ring (bicyclic) bond motifs is 1. The molecule has 0 saturated carbocycles. The molecular formula is C17H22N6. The number of anilines is 1. The van der Waals surface area contributed by atoms with E-state index in [2.05, 4.69) is 77.9 Å². The molecule has 3 aromatic rings. The molecule has 23 heavy (non-hydrogen) atoms. The summed E-state index contributed by atoms with van der Waals surface area (Å²) in [6.07, 6.45) is 0. The van der Waals surface area contributed by atoms with Crippen LogP contribution in [0.1, 0.15) is 50.8 Å². The first-order valence-corrected chi connectivity index (χ1v) is 7.96. The minimum atomic E-state index is 0.178. The molecule has 0 aliphatic carbocycles. The summed E-state index contributed by atoms with van der Waals surface area (Å²) in [5.41, 5.74) is 3.24. The number of nitrogens with zero attached hydrogens (tertiary/aromatic N) is 5. The van der Waals surface area contributed by atoms with Gasteiger partial charge in [0.1, 0.15) is 5.82 Å². The molecule has 120 valence electrons. The van der Waals surface area contributed by atoms with E-state index in [1.807, 2.05) is 12.1 Å². The van der Waals surface area contributed by atoms with Crippen LogP contribution in [-0.2, 0) is 0 Å². The molecule has 3 rings (SSSR count). The Kier molecular flexibility index (Phi) is 4.23. The van der Waals surface area contributed by atoms with Gasteiger partial charge in [0.15, 0.2) is 5.65 Å². The Morgan fingerprint density at radius 1 is 0.913 bits per heavy atom. The fraction of sp³-hybridized carbons (Fsp3) is 0.412. The monoisotopic (exact) mass is 310 g/mol. The smallest absolute Gasteiger partial charge is 0.200 e. The van der Waals surface area contributed by atoms with E-state index in [4.69, 9.17) is 0 Å². The van der Waals surface area contributed by atoms with Gasteiger partial charge < -0.3 is 5.32 Å². The molecule has 0 aliphatic heterocycles. The fourth-order valence-electron chi connectivity index (χ4n) is 2.61. The summed E-state index contributed by atoms with van der Waals surface area (Å²) in [6.45, 7) is 8.81. The highest BCUT2D eigenvalue weighted by atomic mass is 15.6. The van der Waals surface area contributed by atoms with E-state index in [1.54, 1.807) is 0 Å². The van der Waals surface area contributed by atoms with Crippen molar-refractivity contribution in [3.63, 3.8) is 0 Å². The van der Waals surface area contributed by atoms with Gasteiger partial charge in [-0.15, -0.1) is 14.8 Å². The van der Waals surface area contributed by atoms with Gasteiger partial charge in [0, 0.05) is 0 Å². The molecule has 0 fully saturated rings. The first-order valence-electron chi connectivity index (χ1n) is 7.96.